The zero-order valence-electron chi connectivity index (χ0n) is 32.8. The van der Waals surface area contributed by atoms with Crippen molar-refractivity contribution in [1.82, 2.24) is 0 Å². The molecule has 0 radical (unpaired) electrons. The van der Waals surface area contributed by atoms with E-state index in [1.807, 2.05) is 33.3 Å². The maximum absolute atomic E-state index is 12.6. The van der Waals surface area contributed by atoms with Crippen LogP contribution >= 0.6 is 7.82 Å². The van der Waals surface area contributed by atoms with Gasteiger partial charge in [-0.15, -0.1) is 0 Å². The molecule has 0 N–H and O–H groups in total. The first-order valence-corrected chi connectivity index (χ1v) is 21.5. The molecule has 0 fully saturated rings. The second-order valence-electron chi connectivity index (χ2n) is 14.7. The molecule has 9 nitrogen and oxygen atoms in total. The Kier molecular flexibility index (Phi) is 32.3. The fourth-order valence-corrected chi connectivity index (χ4v) is 6.12. The summed E-state index contributed by atoms with van der Waals surface area (Å²) in [6.45, 7) is 4.08. The highest BCUT2D eigenvalue weighted by Crippen LogP contribution is 2.38. The van der Waals surface area contributed by atoms with Crippen LogP contribution in [0.25, 0.3) is 0 Å². The first-order valence-electron chi connectivity index (χ1n) is 20.1. The Labute approximate surface area is 307 Å². The quantitative estimate of drug-likeness (QED) is 0.0156. The van der Waals surface area contributed by atoms with Crippen LogP contribution in [-0.2, 0) is 32.7 Å². The highest BCUT2D eigenvalue weighted by atomic mass is 31.2. The molecule has 0 saturated carbocycles. The Balaban J connectivity index is 4.51. The lowest BCUT2D eigenvalue weighted by molar-refractivity contribution is -0.870. The summed E-state index contributed by atoms with van der Waals surface area (Å²) in [4.78, 5) is 37.2. The number of phosphoric acid groups is 1. The van der Waals surface area contributed by atoms with Gasteiger partial charge in [0, 0.05) is 12.5 Å². The van der Waals surface area contributed by atoms with Crippen molar-refractivity contribution in [3.63, 3.8) is 0 Å². The predicted octanol–water partition coefficient (Wildman–Crippen LogP) is 10.2. The summed E-state index contributed by atoms with van der Waals surface area (Å²) in [5, 5.41) is 0. The van der Waals surface area contributed by atoms with Crippen molar-refractivity contribution >= 4 is 19.8 Å². The number of esters is 2. The number of unbranched alkanes of at least 4 members (excludes halogenated alkanes) is 21. The Morgan fingerprint density at radius 2 is 1.14 bits per heavy atom. The number of carbonyl (C=O) groups excluding carboxylic acids is 2. The molecular formula is C40H76NO8P. The van der Waals surface area contributed by atoms with Gasteiger partial charge in [-0.3, -0.25) is 9.36 Å². The van der Waals surface area contributed by atoms with Gasteiger partial charge in [0.25, 0.3) is 7.82 Å². The first-order chi connectivity index (χ1) is 24.0. The number of hydrogen-bond donors (Lipinski definition) is 0. The number of likely N-dealkylation sites (N-methyl/N-ethyl adjacent to an activating group) is 1. The normalized spacial score (nSPS) is 14.0. The minimum absolute atomic E-state index is 0.0415. The summed E-state index contributed by atoms with van der Waals surface area (Å²) in [6.07, 6.45) is 34.0. The molecule has 0 heterocycles. The van der Waals surface area contributed by atoms with Gasteiger partial charge in [-0.1, -0.05) is 160 Å². The lowest BCUT2D eigenvalue weighted by atomic mass is 10.0. The van der Waals surface area contributed by atoms with Crippen LogP contribution in [0.15, 0.2) is 24.3 Å². The van der Waals surface area contributed by atoms with Crippen LogP contribution in [0.3, 0.4) is 0 Å². The molecule has 0 saturated heterocycles. The summed E-state index contributed by atoms with van der Waals surface area (Å²) in [5.41, 5.74) is 0. The topological polar surface area (TPSA) is 111 Å². The number of nitrogens with zero attached hydrogens (tertiary/aromatic N) is 1. The molecule has 0 rings (SSSR count). The first kappa shape index (κ1) is 48.5. The van der Waals surface area contributed by atoms with Crippen molar-refractivity contribution in [2.24, 2.45) is 0 Å². The number of allylic oxidation sites excluding steroid dienone is 3. The van der Waals surface area contributed by atoms with Crippen molar-refractivity contribution in [3.8, 4) is 0 Å². The second kappa shape index (κ2) is 33.3. The fraction of sp³-hybridized carbons (Fsp3) is 0.850. The lowest BCUT2D eigenvalue weighted by Gasteiger charge is -2.28. The number of ether oxygens (including phenoxy) is 2. The molecule has 0 aliphatic heterocycles. The molecule has 0 bridgehead atoms. The van der Waals surface area contributed by atoms with Gasteiger partial charge in [0.15, 0.2) is 6.10 Å². The van der Waals surface area contributed by atoms with Gasteiger partial charge in [0.2, 0.25) is 0 Å². The van der Waals surface area contributed by atoms with E-state index in [1.165, 1.54) is 115 Å². The molecule has 0 aliphatic carbocycles. The third kappa shape index (κ3) is 36.3. The second-order valence-corrected chi connectivity index (χ2v) is 16.1. The largest absolute Gasteiger partial charge is 0.756 e. The van der Waals surface area contributed by atoms with E-state index in [-0.39, 0.29) is 19.6 Å². The molecule has 0 aromatic heterocycles. The highest BCUT2D eigenvalue weighted by molar-refractivity contribution is 7.45. The van der Waals surface area contributed by atoms with Gasteiger partial charge in [-0.25, -0.2) is 4.79 Å². The van der Waals surface area contributed by atoms with Gasteiger partial charge in [-0.05, 0) is 19.3 Å². The predicted molar refractivity (Wildman–Crippen MR) is 204 cm³/mol. The fourth-order valence-electron chi connectivity index (χ4n) is 5.39. The zero-order chi connectivity index (χ0) is 37.2. The van der Waals surface area contributed by atoms with E-state index in [4.69, 9.17) is 18.5 Å². The van der Waals surface area contributed by atoms with E-state index in [0.29, 0.717) is 17.4 Å². The summed E-state index contributed by atoms with van der Waals surface area (Å²) in [6, 6.07) is 0. The van der Waals surface area contributed by atoms with Crippen LogP contribution in [0.1, 0.15) is 168 Å². The van der Waals surface area contributed by atoms with Crippen LogP contribution in [0, 0.1) is 0 Å². The Morgan fingerprint density at radius 3 is 1.64 bits per heavy atom. The minimum Gasteiger partial charge on any atom is -0.756 e. The maximum Gasteiger partial charge on any atom is 0.330 e. The van der Waals surface area contributed by atoms with E-state index >= 15 is 0 Å². The van der Waals surface area contributed by atoms with Crippen molar-refractivity contribution in [3.05, 3.63) is 24.3 Å². The van der Waals surface area contributed by atoms with Crippen LogP contribution in [0.4, 0.5) is 0 Å². The molecule has 2 atom stereocenters. The number of rotatable bonds is 36. The van der Waals surface area contributed by atoms with Gasteiger partial charge in [0.05, 0.1) is 27.7 Å². The number of phosphoric ester groups is 1. The van der Waals surface area contributed by atoms with E-state index in [0.717, 1.165) is 32.1 Å². The summed E-state index contributed by atoms with van der Waals surface area (Å²) < 4.78 is 33.6. The molecule has 294 valence electrons. The van der Waals surface area contributed by atoms with E-state index in [2.05, 4.69) is 13.8 Å². The van der Waals surface area contributed by atoms with Crippen LogP contribution in [-0.4, -0.2) is 70.0 Å². The van der Waals surface area contributed by atoms with E-state index in [1.54, 1.807) is 6.08 Å². The summed E-state index contributed by atoms with van der Waals surface area (Å²) in [5.74, 6) is -1.08. The van der Waals surface area contributed by atoms with Gasteiger partial charge >= 0.3 is 11.9 Å². The van der Waals surface area contributed by atoms with Crippen molar-refractivity contribution in [1.29, 1.82) is 0 Å². The van der Waals surface area contributed by atoms with Crippen LogP contribution < -0.4 is 4.89 Å². The van der Waals surface area contributed by atoms with Crippen molar-refractivity contribution in [2.45, 2.75) is 174 Å². The molecule has 0 amide bonds. The average molecular weight is 730 g/mol. The molecule has 10 heteroatoms. The maximum atomic E-state index is 12.6. The Hall–Kier alpha value is -1.51. The number of carbonyl (C=O) groups is 2. The molecule has 1 unspecified atom stereocenters. The Bertz CT molecular complexity index is 918. The van der Waals surface area contributed by atoms with Gasteiger partial charge < -0.3 is 27.9 Å². The van der Waals surface area contributed by atoms with Gasteiger partial charge in [-0.2, -0.15) is 0 Å². The van der Waals surface area contributed by atoms with E-state index in [9.17, 15) is 19.0 Å². The van der Waals surface area contributed by atoms with Crippen molar-refractivity contribution < 1.29 is 42.1 Å². The molecule has 0 spiro atoms. The number of quaternary nitrogens is 1. The van der Waals surface area contributed by atoms with Crippen LogP contribution in [0.2, 0.25) is 0 Å². The smallest absolute Gasteiger partial charge is 0.330 e. The molecule has 0 aromatic rings. The van der Waals surface area contributed by atoms with E-state index < -0.39 is 32.5 Å². The lowest BCUT2D eigenvalue weighted by Crippen LogP contribution is -2.37. The molecule has 50 heavy (non-hydrogen) atoms. The highest BCUT2D eigenvalue weighted by Gasteiger charge is 2.21. The zero-order valence-corrected chi connectivity index (χ0v) is 33.7. The third-order valence-electron chi connectivity index (χ3n) is 8.58. The standard InChI is InChI=1S/C40H76NO8P/c1-6-8-10-12-14-16-18-20-22-24-26-28-30-32-39(42)46-36-38(37-48-50(44,45)47-35-34-41(3,4)5)49-40(43)33-31-29-27-25-23-21-19-17-15-13-11-9-7-2/h26,28,30,32,38H,6-25,27,29,31,33-37H2,1-5H3/t38-/m1/s1. The summed E-state index contributed by atoms with van der Waals surface area (Å²) >= 11 is 0. The number of hydrogen-bond acceptors (Lipinski definition) is 8. The van der Waals surface area contributed by atoms with Crippen molar-refractivity contribution in [2.75, 3.05) is 47.5 Å². The monoisotopic (exact) mass is 730 g/mol. The van der Waals surface area contributed by atoms with Crippen LogP contribution in [0.5, 0.6) is 0 Å². The SMILES string of the molecule is CCCCCCCCCCCC=CC=CC(=O)OC[C@H](COP(=O)([O-])OCC[N+](C)(C)C)OC(=O)CCCCCCCCCCCCCCC. The average Bonchev–Trinajstić information content (AvgIpc) is 3.06. The molecular weight excluding hydrogens is 653 g/mol. The van der Waals surface area contributed by atoms with Gasteiger partial charge in [0.1, 0.15) is 19.8 Å². The Morgan fingerprint density at radius 1 is 0.660 bits per heavy atom. The molecule has 0 aliphatic rings. The minimum atomic E-state index is -4.63. The third-order valence-corrected chi connectivity index (χ3v) is 9.54. The molecule has 0 aromatic carbocycles. The summed E-state index contributed by atoms with van der Waals surface area (Å²) in [7, 11) is 1.13.